The van der Waals surface area contributed by atoms with Crippen LogP contribution in [0.25, 0.3) is 0 Å². The van der Waals surface area contributed by atoms with E-state index < -0.39 is 0 Å². The predicted molar refractivity (Wildman–Crippen MR) is 54.5 cm³/mol. The lowest BCUT2D eigenvalue weighted by Gasteiger charge is -2.38. The zero-order chi connectivity index (χ0) is 9.31. The van der Waals surface area contributed by atoms with Gasteiger partial charge in [-0.1, -0.05) is 31.9 Å². The fourth-order valence-electron chi connectivity index (χ4n) is 3.11. The molecule has 1 unspecified atom stereocenters. The van der Waals surface area contributed by atoms with Gasteiger partial charge >= 0.3 is 0 Å². The highest BCUT2D eigenvalue weighted by atomic mass is 14.7. The highest BCUT2D eigenvalue weighted by Gasteiger charge is 2.43. The summed E-state index contributed by atoms with van der Waals surface area (Å²) in [4.78, 5) is 0. The summed E-state index contributed by atoms with van der Waals surface area (Å²) in [6, 6.07) is 0.423. The number of rotatable bonds is 0. The summed E-state index contributed by atoms with van der Waals surface area (Å²) in [6.07, 6.45) is 8.40. The number of hydrogen-bond donors (Lipinski definition) is 1. The van der Waals surface area contributed by atoms with E-state index in [-0.39, 0.29) is 0 Å². The minimum Gasteiger partial charge on any atom is -0.327 e. The molecule has 2 nitrogen and oxygen atoms in total. The lowest BCUT2D eigenvalue weighted by Crippen LogP contribution is -2.41. The van der Waals surface area contributed by atoms with Crippen molar-refractivity contribution < 1.29 is 0 Å². The van der Waals surface area contributed by atoms with Crippen molar-refractivity contribution in [3.8, 4) is 5.97 Å². The van der Waals surface area contributed by atoms with E-state index in [2.05, 4.69) is 5.97 Å². The Kier molecular flexibility index (Phi) is 2.34. The Labute approximate surface area is 80.6 Å². The molecule has 3 heteroatoms. The van der Waals surface area contributed by atoms with Gasteiger partial charge in [-0.05, 0) is 18.3 Å². The van der Waals surface area contributed by atoms with Crippen LogP contribution < -0.4 is 5.73 Å². The van der Waals surface area contributed by atoms with Gasteiger partial charge in [-0.2, -0.15) is 0 Å². The minimum atomic E-state index is 0.318. The minimum absolute atomic E-state index is 0.318. The van der Waals surface area contributed by atoms with E-state index in [1.165, 1.54) is 32.1 Å². The van der Waals surface area contributed by atoms with Gasteiger partial charge in [0.15, 0.2) is 0 Å². The fourth-order valence-corrected chi connectivity index (χ4v) is 3.11. The molecule has 1 aliphatic carbocycles. The molecule has 0 aromatic rings. The maximum Gasteiger partial charge on any atom is 0.267 e. The molecule has 2 N–H and O–H groups in total. The summed E-state index contributed by atoms with van der Waals surface area (Å²) in [6.45, 7) is 0.318. The molecule has 2 fully saturated rings. The molecular formula is C10H17BN2. The average Bonchev–Trinajstić information content (AvgIpc) is 2.50. The first-order valence-electron chi connectivity index (χ1n) is 5.42. The fraction of sp³-hybridized carbons (Fsp3) is 0.900. The molecule has 2 rings (SSSR count). The quantitative estimate of drug-likeness (QED) is 0.572. The Bertz CT molecular complexity index is 226. The normalized spacial score (nSPS) is 32.0. The molecule has 1 heterocycles. The van der Waals surface area contributed by atoms with Crippen molar-refractivity contribution in [3.05, 3.63) is 0 Å². The second-order valence-electron chi connectivity index (χ2n) is 4.76. The summed E-state index contributed by atoms with van der Waals surface area (Å²) in [7, 11) is 0. The van der Waals surface area contributed by atoms with Crippen LogP contribution >= 0.6 is 0 Å². The van der Waals surface area contributed by atoms with Gasteiger partial charge in [0.1, 0.15) is 0 Å². The van der Waals surface area contributed by atoms with Gasteiger partial charge in [-0.15, -0.1) is 0 Å². The van der Waals surface area contributed by atoms with E-state index in [0.29, 0.717) is 18.2 Å². The first-order valence-corrected chi connectivity index (χ1v) is 5.42. The van der Waals surface area contributed by atoms with Gasteiger partial charge in [0.25, 0.3) is 6.71 Å². The second kappa shape index (κ2) is 3.34. The summed E-state index contributed by atoms with van der Waals surface area (Å²) >= 11 is 0. The monoisotopic (exact) mass is 176 g/mol. The van der Waals surface area contributed by atoms with E-state index in [1.807, 2.05) is 0 Å². The highest BCUT2D eigenvalue weighted by molar-refractivity contribution is 6.67. The SMILES string of the molecule is N#CB1CCC2(CCCC2N)CC1. The Morgan fingerprint density at radius 2 is 2.00 bits per heavy atom. The first kappa shape index (κ1) is 9.08. The maximum absolute atomic E-state index is 8.81. The topological polar surface area (TPSA) is 49.8 Å². The van der Waals surface area contributed by atoms with Crippen LogP contribution in [-0.4, -0.2) is 12.8 Å². The van der Waals surface area contributed by atoms with Crippen molar-refractivity contribution in [2.75, 3.05) is 0 Å². The van der Waals surface area contributed by atoms with Crippen molar-refractivity contribution in [3.63, 3.8) is 0 Å². The molecule has 1 aliphatic heterocycles. The van der Waals surface area contributed by atoms with Gasteiger partial charge < -0.3 is 5.73 Å². The van der Waals surface area contributed by atoms with E-state index in [1.54, 1.807) is 0 Å². The smallest absolute Gasteiger partial charge is 0.267 e. The van der Waals surface area contributed by atoms with Crippen molar-refractivity contribution in [2.45, 2.75) is 50.8 Å². The van der Waals surface area contributed by atoms with Crippen molar-refractivity contribution >= 4 is 6.71 Å². The summed E-state index contributed by atoms with van der Waals surface area (Å²) in [5.41, 5.74) is 6.59. The third-order valence-electron chi connectivity index (χ3n) is 4.14. The first-order chi connectivity index (χ1) is 6.27. The molecule has 0 radical (unpaired) electrons. The Balaban J connectivity index is 2.00. The Morgan fingerprint density at radius 3 is 2.46 bits per heavy atom. The van der Waals surface area contributed by atoms with Crippen LogP contribution in [-0.2, 0) is 0 Å². The molecule has 0 aromatic carbocycles. The van der Waals surface area contributed by atoms with Crippen molar-refractivity contribution in [1.29, 1.82) is 5.26 Å². The third kappa shape index (κ3) is 1.48. The molecule has 0 aromatic heterocycles. The van der Waals surface area contributed by atoms with Crippen LogP contribution in [0.3, 0.4) is 0 Å². The van der Waals surface area contributed by atoms with E-state index in [0.717, 1.165) is 12.6 Å². The van der Waals surface area contributed by atoms with Crippen LogP contribution in [0.2, 0.25) is 12.6 Å². The zero-order valence-corrected chi connectivity index (χ0v) is 8.13. The number of nitriles is 1. The van der Waals surface area contributed by atoms with Crippen LogP contribution in [0.15, 0.2) is 0 Å². The molecule has 13 heavy (non-hydrogen) atoms. The number of nitrogens with two attached hydrogens (primary N) is 1. The molecule has 1 saturated heterocycles. The van der Waals surface area contributed by atoms with Crippen molar-refractivity contribution in [2.24, 2.45) is 11.1 Å². The van der Waals surface area contributed by atoms with E-state index in [4.69, 9.17) is 11.0 Å². The maximum atomic E-state index is 8.81. The molecule has 2 aliphatic rings. The molecule has 1 atom stereocenters. The van der Waals surface area contributed by atoms with Gasteiger partial charge in [-0.25, -0.2) is 5.26 Å². The Morgan fingerprint density at radius 1 is 1.31 bits per heavy atom. The zero-order valence-electron chi connectivity index (χ0n) is 8.13. The number of hydrogen-bond acceptors (Lipinski definition) is 2. The molecule has 0 bridgehead atoms. The van der Waals surface area contributed by atoms with Gasteiger partial charge in [-0.3, -0.25) is 0 Å². The second-order valence-corrected chi connectivity index (χ2v) is 4.76. The highest BCUT2D eigenvalue weighted by Crippen LogP contribution is 2.48. The summed E-state index contributed by atoms with van der Waals surface area (Å²) < 4.78 is 0. The van der Waals surface area contributed by atoms with Crippen LogP contribution in [0.1, 0.15) is 32.1 Å². The third-order valence-corrected chi connectivity index (χ3v) is 4.14. The lowest BCUT2D eigenvalue weighted by atomic mass is 9.39. The van der Waals surface area contributed by atoms with E-state index >= 15 is 0 Å². The van der Waals surface area contributed by atoms with Crippen LogP contribution in [0.5, 0.6) is 0 Å². The van der Waals surface area contributed by atoms with Crippen molar-refractivity contribution in [1.82, 2.24) is 0 Å². The molecular weight excluding hydrogens is 159 g/mol. The molecule has 1 spiro atoms. The largest absolute Gasteiger partial charge is 0.327 e. The molecule has 1 saturated carbocycles. The Hall–Kier alpha value is -0.485. The van der Waals surface area contributed by atoms with Gasteiger partial charge in [0.05, 0.1) is 0 Å². The lowest BCUT2D eigenvalue weighted by molar-refractivity contribution is 0.227. The summed E-state index contributed by atoms with van der Waals surface area (Å²) in [5, 5.41) is 8.81. The van der Waals surface area contributed by atoms with Gasteiger partial charge in [0, 0.05) is 12.0 Å². The average molecular weight is 176 g/mol. The molecule has 0 amide bonds. The predicted octanol–water partition coefficient (Wildman–Crippen LogP) is 1.84. The summed E-state index contributed by atoms with van der Waals surface area (Å²) in [5.74, 6) is 2.38. The van der Waals surface area contributed by atoms with E-state index in [9.17, 15) is 0 Å². The van der Waals surface area contributed by atoms with Gasteiger partial charge in [0.2, 0.25) is 0 Å². The standard InChI is InChI=1S/C10H17BN2/c12-8-11-6-4-10(5-7-11)3-1-2-9(10)13/h9H,1-7,13H2. The van der Waals surface area contributed by atoms with Crippen LogP contribution in [0, 0.1) is 16.6 Å². The number of nitrogens with zero attached hydrogens (tertiary/aromatic N) is 1. The molecule has 70 valence electrons. The van der Waals surface area contributed by atoms with Crippen LogP contribution in [0.4, 0.5) is 0 Å².